The summed E-state index contributed by atoms with van der Waals surface area (Å²) in [7, 11) is 2.69. The maximum absolute atomic E-state index is 13.2. The summed E-state index contributed by atoms with van der Waals surface area (Å²) in [5.41, 5.74) is -1.40. The molecule has 2 aromatic rings. The molecule has 2 rings (SSSR count). The van der Waals surface area contributed by atoms with E-state index in [1.54, 1.807) is 37.3 Å². The molecule has 1 aromatic heterocycles. The number of carbonyl (C=O) groups excluding carboxylic acids is 4. The maximum Gasteiger partial charge on any atom is 0.263 e. The van der Waals surface area contributed by atoms with Crippen molar-refractivity contribution in [3.05, 3.63) is 52.0 Å². The summed E-state index contributed by atoms with van der Waals surface area (Å²) >= 11 is 1.16. The van der Waals surface area contributed by atoms with Crippen LogP contribution < -0.4 is 16.0 Å². The minimum Gasteiger partial charge on any atom is -0.393 e. The maximum atomic E-state index is 13.2. The summed E-state index contributed by atoms with van der Waals surface area (Å²) in [5.74, 6) is -2.81. The van der Waals surface area contributed by atoms with Crippen LogP contribution in [0.2, 0.25) is 0 Å². The lowest BCUT2D eigenvalue weighted by atomic mass is 9.91. The van der Waals surface area contributed by atoms with Crippen LogP contribution in [0.25, 0.3) is 0 Å². The Bertz CT molecular complexity index is 1090. The number of rotatable bonds is 15. The molecule has 1 heterocycles. The smallest absolute Gasteiger partial charge is 0.263 e. The Morgan fingerprint density at radius 1 is 0.974 bits per heavy atom. The average Bonchev–Trinajstić information content (AvgIpc) is 3.34. The number of hydrogen-bond acceptors (Lipinski definition) is 10. The van der Waals surface area contributed by atoms with Crippen LogP contribution >= 0.6 is 11.3 Å². The number of carbonyl (C=O) groups is 4. The Hall–Kier alpha value is -3.23. The zero-order chi connectivity index (χ0) is 28.3. The van der Waals surface area contributed by atoms with Crippen molar-refractivity contribution in [1.29, 1.82) is 0 Å². The highest BCUT2D eigenvalue weighted by Crippen LogP contribution is 2.13. The van der Waals surface area contributed by atoms with Crippen molar-refractivity contribution in [1.82, 2.24) is 20.9 Å². The third-order valence-corrected chi connectivity index (χ3v) is 6.43. The molecule has 208 valence electrons. The first kappa shape index (κ1) is 31.0. The Labute approximate surface area is 224 Å². The fraction of sp³-hybridized carbons (Fsp3) is 0.480. The number of amides is 3. The van der Waals surface area contributed by atoms with Gasteiger partial charge in [-0.2, -0.15) is 0 Å². The standard InChI is InChI=1S/C25H34N4O8S/c1-15-26-11-20(38-15)24(34)29-19(13-37-4)23(33)28-18(12-36-3)22(32)27-17(21(31)25(2,35)14-30)10-16-8-6-5-7-9-16/h5-9,11,17-19,30,35H,10,12-14H2,1-4H3,(H,27,32)(H,28,33)(H,29,34)/t17-,18-,19?,25+/m0/s1. The number of ketones is 1. The Morgan fingerprint density at radius 2 is 1.53 bits per heavy atom. The molecule has 1 aromatic carbocycles. The molecule has 0 aliphatic rings. The van der Waals surface area contributed by atoms with E-state index in [1.807, 2.05) is 0 Å². The van der Waals surface area contributed by atoms with Gasteiger partial charge in [0.25, 0.3) is 5.91 Å². The van der Waals surface area contributed by atoms with E-state index in [0.29, 0.717) is 15.4 Å². The summed E-state index contributed by atoms with van der Waals surface area (Å²) in [6.07, 6.45) is 1.43. The van der Waals surface area contributed by atoms with E-state index in [1.165, 1.54) is 20.4 Å². The second-order valence-electron chi connectivity index (χ2n) is 8.79. The number of Topliss-reactive ketones (excluding diaryl/α,β-unsaturated/α-hetero) is 1. The predicted molar refractivity (Wildman–Crippen MR) is 139 cm³/mol. The molecule has 0 saturated heterocycles. The van der Waals surface area contributed by atoms with Crippen LogP contribution in [-0.2, 0) is 30.3 Å². The van der Waals surface area contributed by atoms with E-state index in [4.69, 9.17) is 9.47 Å². The SMILES string of the molecule is COCC(NC(=O)c1cnc(C)s1)C(=O)N[C@@H](COC)C(=O)N[C@@H](Cc1ccccc1)C(=O)[C@](C)(O)CO. The fourth-order valence-electron chi connectivity index (χ4n) is 3.45. The first-order chi connectivity index (χ1) is 18.0. The molecule has 0 bridgehead atoms. The molecule has 1 unspecified atom stereocenters. The van der Waals surface area contributed by atoms with Crippen LogP contribution in [0.4, 0.5) is 0 Å². The van der Waals surface area contributed by atoms with Gasteiger partial charge in [-0.3, -0.25) is 19.2 Å². The number of nitrogens with one attached hydrogen (secondary N) is 3. The number of aryl methyl sites for hydroxylation is 1. The number of aliphatic hydroxyl groups excluding tert-OH is 1. The number of ether oxygens (including phenoxy) is 2. The van der Waals surface area contributed by atoms with E-state index in [2.05, 4.69) is 20.9 Å². The van der Waals surface area contributed by atoms with Gasteiger partial charge in [-0.05, 0) is 25.8 Å². The molecule has 12 nitrogen and oxygen atoms in total. The van der Waals surface area contributed by atoms with Crippen LogP contribution in [0.5, 0.6) is 0 Å². The van der Waals surface area contributed by atoms with Crippen molar-refractivity contribution in [3.63, 3.8) is 0 Å². The van der Waals surface area contributed by atoms with Gasteiger partial charge in [0.05, 0.1) is 37.1 Å². The van der Waals surface area contributed by atoms with Crippen LogP contribution in [0.1, 0.15) is 27.2 Å². The van der Waals surface area contributed by atoms with Gasteiger partial charge in [0, 0.05) is 14.2 Å². The largest absolute Gasteiger partial charge is 0.393 e. The van der Waals surface area contributed by atoms with Gasteiger partial charge in [-0.1, -0.05) is 30.3 Å². The van der Waals surface area contributed by atoms with Crippen molar-refractivity contribution in [2.45, 2.75) is 44.0 Å². The number of nitrogens with zero attached hydrogens (tertiary/aromatic N) is 1. The van der Waals surface area contributed by atoms with Crippen LogP contribution in [-0.4, -0.2) is 96.5 Å². The molecule has 0 aliphatic heterocycles. The highest BCUT2D eigenvalue weighted by atomic mass is 32.1. The second-order valence-corrected chi connectivity index (χ2v) is 10.0. The lowest BCUT2D eigenvalue weighted by Gasteiger charge is -2.28. The first-order valence-corrected chi connectivity index (χ1v) is 12.6. The van der Waals surface area contributed by atoms with Gasteiger partial charge < -0.3 is 35.6 Å². The van der Waals surface area contributed by atoms with Crippen molar-refractivity contribution >= 4 is 34.8 Å². The zero-order valence-corrected chi connectivity index (χ0v) is 22.5. The van der Waals surface area contributed by atoms with Crippen LogP contribution in [0.3, 0.4) is 0 Å². The summed E-state index contributed by atoms with van der Waals surface area (Å²) in [6, 6.07) is 5.20. The van der Waals surface area contributed by atoms with Crippen molar-refractivity contribution in [3.8, 4) is 0 Å². The van der Waals surface area contributed by atoms with Gasteiger partial charge in [0.2, 0.25) is 11.8 Å². The molecule has 0 saturated carbocycles. The number of thiazole rings is 1. The van der Waals surface area contributed by atoms with E-state index in [-0.39, 0.29) is 19.6 Å². The van der Waals surface area contributed by atoms with Crippen LogP contribution in [0, 0.1) is 6.92 Å². The number of methoxy groups -OCH3 is 2. The molecule has 0 aliphatic carbocycles. The fourth-order valence-corrected chi connectivity index (χ4v) is 4.13. The molecule has 3 amide bonds. The minimum absolute atomic E-state index is 0.0336. The highest BCUT2D eigenvalue weighted by Gasteiger charge is 2.37. The van der Waals surface area contributed by atoms with E-state index >= 15 is 0 Å². The van der Waals surface area contributed by atoms with E-state index < -0.39 is 53.8 Å². The molecule has 38 heavy (non-hydrogen) atoms. The van der Waals surface area contributed by atoms with Crippen molar-refractivity contribution in [2.75, 3.05) is 34.0 Å². The third-order valence-electron chi connectivity index (χ3n) is 5.52. The Morgan fingerprint density at radius 3 is 2.03 bits per heavy atom. The molecule has 0 fully saturated rings. The Kier molecular flexibility index (Phi) is 11.9. The van der Waals surface area contributed by atoms with Gasteiger partial charge >= 0.3 is 0 Å². The van der Waals surface area contributed by atoms with Crippen molar-refractivity contribution < 1.29 is 38.9 Å². The lowest BCUT2D eigenvalue weighted by molar-refractivity contribution is -0.144. The molecule has 13 heteroatoms. The normalized spacial score (nSPS) is 15.0. The molecule has 4 atom stereocenters. The summed E-state index contributed by atoms with van der Waals surface area (Å²) in [5, 5.41) is 28.1. The quantitative estimate of drug-likeness (QED) is 0.193. The summed E-state index contributed by atoms with van der Waals surface area (Å²) in [4.78, 5) is 56.1. The molecule has 5 N–H and O–H groups in total. The van der Waals surface area contributed by atoms with Crippen LogP contribution in [0.15, 0.2) is 36.5 Å². The average molecular weight is 551 g/mol. The number of aromatic nitrogens is 1. The summed E-state index contributed by atoms with van der Waals surface area (Å²) in [6.45, 7) is 1.62. The predicted octanol–water partition coefficient (Wildman–Crippen LogP) is -0.633. The molecular weight excluding hydrogens is 516 g/mol. The second kappa shape index (κ2) is 14.6. The number of aliphatic hydroxyl groups is 2. The van der Waals surface area contributed by atoms with Gasteiger partial charge in [0.15, 0.2) is 5.78 Å². The van der Waals surface area contributed by atoms with Gasteiger partial charge in [-0.15, -0.1) is 11.3 Å². The first-order valence-electron chi connectivity index (χ1n) is 11.8. The third kappa shape index (κ3) is 8.96. The molecule has 0 radical (unpaired) electrons. The lowest BCUT2D eigenvalue weighted by Crippen LogP contribution is -2.60. The zero-order valence-electron chi connectivity index (χ0n) is 21.7. The summed E-state index contributed by atoms with van der Waals surface area (Å²) < 4.78 is 10.2. The number of hydrogen-bond donors (Lipinski definition) is 5. The molecule has 0 spiro atoms. The monoisotopic (exact) mass is 550 g/mol. The van der Waals surface area contributed by atoms with Crippen molar-refractivity contribution in [2.24, 2.45) is 0 Å². The topological polar surface area (TPSA) is 176 Å². The van der Waals surface area contributed by atoms with E-state index in [9.17, 15) is 29.4 Å². The van der Waals surface area contributed by atoms with Gasteiger partial charge in [-0.25, -0.2) is 4.98 Å². The number of benzene rings is 1. The van der Waals surface area contributed by atoms with Gasteiger partial charge in [0.1, 0.15) is 22.6 Å². The minimum atomic E-state index is -2.10. The Balaban J connectivity index is 2.18. The molecular formula is C25H34N4O8S. The highest BCUT2D eigenvalue weighted by molar-refractivity contribution is 7.13. The van der Waals surface area contributed by atoms with E-state index in [0.717, 1.165) is 18.3 Å².